The number of allylic oxidation sites excluding steroid dienone is 1. The van der Waals surface area contributed by atoms with E-state index in [1.807, 2.05) is 27.7 Å². The van der Waals surface area contributed by atoms with Gasteiger partial charge in [-0.2, -0.15) is 0 Å². The van der Waals surface area contributed by atoms with E-state index >= 15 is 0 Å². The average Bonchev–Trinajstić information content (AvgIpc) is 3.09. The first-order valence-electron chi connectivity index (χ1n) is 7.05. The van der Waals surface area contributed by atoms with Crippen molar-refractivity contribution in [1.29, 1.82) is 0 Å². The molecule has 0 saturated heterocycles. The number of rotatable bonds is 5. The highest BCUT2D eigenvalue weighted by Crippen LogP contribution is 2.29. The van der Waals surface area contributed by atoms with E-state index in [4.69, 9.17) is 0 Å². The SMILES string of the molecule is CC/C(C)=C\N=C(Sc1nc[nH]c1[N+](=O)[O-])c1nc(C)[nH]c1C. The number of nitrogens with one attached hydrogen (secondary N) is 2. The van der Waals surface area contributed by atoms with Gasteiger partial charge in [0.15, 0.2) is 11.4 Å². The van der Waals surface area contributed by atoms with Crippen molar-refractivity contribution in [3.8, 4) is 0 Å². The molecular weight excluding hydrogens is 316 g/mol. The Kier molecular flexibility index (Phi) is 5.32. The van der Waals surface area contributed by atoms with E-state index in [9.17, 15) is 10.1 Å². The fourth-order valence-electron chi connectivity index (χ4n) is 1.79. The highest BCUT2D eigenvalue weighted by molar-refractivity contribution is 8.14. The quantitative estimate of drug-likeness (QED) is 0.285. The molecule has 9 heteroatoms. The lowest BCUT2D eigenvalue weighted by atomic mass is 10.3. The highest BCUT2D eigenvalue weighted by Gasteiger charge is 2.21. The van der Waals surface area contributed by atoms with Crippen molar-refractivity contribution >= 4 is 22.6 Å². The number of nitrogens with zero attached hydrogens (tertiary/aromatic N) is 4. The molecule has 0 saturated carbocycles. The third-order valence-corrected chi connectivity index (χ3v) is 4.11. The minimum absolute atomic E-state index is 0.149. The maximum atomic E-state index is 11.0. The van der Waals surface area contributed by atoms with Crippen LogP contribution >= 0.6 is 11.8 Å². The zero-order valence-corrected chi connectivity index (χ0v) is 14.2. The second kappa shape index (κ2) is 7.23. The van der Waals surface area contributed by atoms with E-state index in [2.05, 4.69) is 24.9 Å². The van der Waals surface area contributed by atoms with Crippen LogP contribution in [-0.4, -0.2) is 29.9 Å². The molecule has 2 aromatic rings. The van der Waals surface area contributed by atoms with Crippen LogP contribution in [0.25, 0.3) is 0 Å². The minimum atomic E-state index is -0.497. The van der Waals surface area contributed by atoms with Crippen LogP contribution in [0.2, 0.25) is 0 Å². The molecule has 0 bridgehead atoms. The fourth-order valence-corrected chi connectivity index (χ4v) is 2.71. The third-order valence-electron chi connectivity index (χ3n) is 3.13. The van der Waals surface area contributed by atoms with Gasteiger partial charge in [0, 0.05) is 11.9 Å². The molecule has 0 aromatic carbocycles. The molecule has 2 N–H and O–H groups in total. The Morgan fingerprint density at radius 3 is 2.83 bits per heavy atom. The van der Waals surface area contributed by atoms with Gasteiger partial charge < -0.3 is 15.1 Å². The topological polar surface area (TPSA) is 113 Å². The Bertz CT molecular complexity index is 774. The van der Waals surface area contributed by atoms with Gasteiger partial charge in [0.25, 0.3) is 0 Å². The fraction of sp³-hybridized carbons (Fsp3) is 0.357. The Morgan fingerprint density at radius 2 is 2.26 bits per heavy atom. The van der Waals surface area contributed by atoms with Crippen LogP contribution in [0.15, 0.2) is 28.1 Å². The summed E-state index contributed by atoms with van der Waals surface area (Å²) in [7, 11) is 0. The van der Waals surface area contributed by atoms with Gasteiger partial charge in [-0.1, -0.05) is 12.5 Å². The van der Waals surface area contributed by atoms with Crippen molar-refractivity contribution in [2.45, 2.75) is 39.1 Å². The summed E-state index contributed by atoms with van der Waals surface area (Å²) in [5.41, 5.74) is 2.63. The maximum Gasteiger partial charge on any atom is 0.354 e. The predicted octanol–water partition coefficient (Wildman–Crippen LogP) is 3.51. The zero-order chi connectivity index (χ0) is 17.0. The largest absolute Gasteiger partial charge is 0.358 e. The van der Waals surface area contributed by atoms with E-state index < -0.39 is 4.92 Å². The number of thioether (sulfide) groups is 1. The first-order valence-corrected chi connectivity index (χ1v) is 7.86. The number of hydrogen-bond donors (Lipinski definition) is 2. The van der Waals surface area contributed by atoms with E-state index in [0.29, 0.717) is 10.7 Å². The molecule has 2 aromatic heterocycles. The van der Waals surface area contributed by atoms with Crippen LogP contribution in [0.3, 0.4) is 0 Å². The van der Waals surface area contributed by atoms with Gasteiger partial charge in [-0.15, -0.1) is 0 Å². The molecule has 0 fully saturated rings. The van der Waals surface area contributed by atoms with Crippen LogP contribution in [0.5, 0.6) is 0 Å². The summed E-state index contributed by atoms with van der Waals surface area (Å²) in [5.74, 6) is 0.613. The molecule has 122 valence electrons. The number of aromatic nitrogens is 4. The Labute approximate surface area is 137 Å². The first-order chi connectivity index (χ1) is 10.9. The minimum Gasteiger partial charge on any atom is -0.358 e. The van der Waals surface area contributed by atoms with Crippen LogP contribution in [-0.2, 0) is 0 Å². The van der Waals surface area contributed by atoms with E-state index in [1.54, 1.807) is 6.20 Å². The summed E-state index contributed by atoms with van der Waals surface area (Å²) in [6.07, 6.45) is 3.93. The Balaban J connectivity index is 2.44. The molecule has 2 rings (SSSR count). The van der Waals surface area contributed by atoms with Gasteiger partial charge in [0.1, 0.15) is 16.6 Å². The monoisotopic (exact) mass is 334 g/mol. The first kappa shape index (κ1) is 16.9. The number of nitro groups is 1. The molecule has 0 aliphatic carbocycles. The van der Waals surface area contributed by atoms with Gasteiger partial charge in [-0.05, 0) is 43.9 Å². The number of H-pyrrole nitrogens is 2. The molecule has 0 spiro atoms. The number of aliphatic imine (C=N–C) groups is 1. The maximum absolute atomic E-state index is 11.0. The zero-order valence-electron chi connectivity index (χ0n) is 13.4. The molecule has 2 heterocycles. The molecule has 0 aliphatic heterocycles. The second-order valence-corrected chi connectivity index (χ2v) is 5.95. The Morgan fingerprint density at radius 1 is 1.52 bits per heavy atom. The van der Waals surface area contributed by atoms with Crippen molar-refractivity contribution in [3.63, 3.8) is 0 Å². The number of aromatic amines is 2. The average molecular weight is 334 g/mol. The highest BCUT2D eigenvalue weighted by atomic mass is 32.2. The van der Waals surface area contributed by atoms with Crippen LogP contribution in [0.4, 0.5) is 5.82 Å². The van der Waals surface area contributed by atoms with Crippen LogP contribution < -0.4 is 0 Å². The molecule has 0 aliphatic rings. The lowest BCUT2D eigenvalue weighted by molar-refractivity contribution is -0.392. The molecule has 23 heavy (non-hydrogen) atoms. The third kappa shape index (κ3) is 4.07. The van der Waals surface area contributed by atoms with Gasteiger partial charge in [-0.3, -0.25) is 0 Å². The van der Waals surface area contributed by atoms with Crippen molar-refractivity contribution in [1.82, 2.24) is 19.9 Å². The number of aryl methyl sites for hydroxylation is 2. The summed E-state index contributed by atoms with van der Waals surface area (Å²) in [6, 6.07) is 0. The van der Waals surface area contributed by atoms with Crippen LogP contribution in [0, 0.1) is 24.0 Å². The summed E-state index contributed by atoms with van der Waals surface area (Å²) in [5, 5.41) is 11.9. The molecule has 0 unspecified atom stereocenters. The number of imidazole rings is 2. The van der Waals surface area contributed by atoms with Crippen molar-refractivity contribution in [2.75, 3.05) is 0 Å². The van der Waals surface area contributed by atoms with Crippen molar-refractivity contribution in [3.05, 3.63) is 45.4 Å². The predicted molar refractivity (Wildman–Crippen MR) is 89.7 cm³/mol. The van der Waals surface area contributed by atoms with Gasteiger partial charge in [0.05, 0.1) is 0 Å². The van der Waals surface area contributed by atoms with Gasteiger partial charge in [0.2, 0.25) is 0 Å². The number of hydrogen-bond acceptors (Lipinski definition) is 6. The lowest BCUT2D eigenvalue weighted by Gasteiger charge is -2.02. The van der Waals surface area contributed by atoms with E-state index in [-0.39, 0.29) is 10.8 Å². The summed E-state index contributed by atoms with van der Waals surface area (Å²) >= 11 is 1.12. The molecular formula is C14H18N6O2S. The smallest absolute Gasteiger partial charge is 0.354 e. The molecule has 0 amide bonds. The standard InChI is InChI=1S/C14H18N6O2S/c1-5-8(2)6-15-13(11-9(3)18-10(4)19-11)23-14-12(20(21)22)16-7-17-14/h6-7H,5H2,1-4H3,(H,16,17)(H,18,19)/b8-6-,15-13?. The Hall–Kier alpha value is -2.42. The molecule has 0 radical (unpaired) electrons. The summed E-state index contributed by atoms with van der Waals surface area (Å²) in [6.45, 7) is 7.76. The van der Waals surface area contributed by atoms with Gasteiger partial charge >= 0.3 is 5.82 Å². The second-order valence-electron chi connectivity index (χ2n) is 4.97. The van der Waals surface area contributed by atoms with E-state index in [1.165, 1.54) is 6.33 Å². The van der Waals surface area contributed by atoms with E-state index in [0.717, 1.165) is 35.3 Å². The van der Waals surface area contributed by atoms with Gasteiger partial charge in [-0.25, -0.2) is 19.9 Å². The van der Waals surface area contributed by atoms with Crippen LogP contribution in [0.1, 0.15) is 37.5 Å². The molecule has 8 nitrogen and oxygen atoms in total. The van der Waals surface area contributed by atoms with Crippen molar-refractivity contribution in [2.24, 2.45) is 4.99 Å². The van der Waals surface area contributed by atoms with Crippen molar-refractivity contribution < 1.29 is 4.92 Å². The summed E-state index contributed by atoms with van der Waals surface area (Å²) < 4.78 is 0. The molecule has 0 atom stereocenters. The lowest BCUT2D eigenvalue weighted by Crippen LogP contribution is -2.00. The summed E-state index contributed by atoms with van der Waals surface area (Å²) in [4.78, 5) is 29.1. The normalized spacial score (nSPS) is 12.7.